The average molecular weight is 298 g/mol. The summed E-state index contributed by atoms with van der Waals surface area (Å²) in [4.78, 5) is 11.9. The number of ether oxygens (including phenoxy) is 1. The van der Waals surface area contributed by atoms with Gasteiger partial charge in [0.1, 0.15) is 23.8 Å². The summed E-state index contributed by atoms with van der Waals surface area (Å²) in [5.41, 5.74) is 6.20. The number of fused-ring (bicyclic) bond motifs is 1. The van der Waals surface area contributed by atoms with Crippen molar-refractivity contribution in [1.82, 2.24) is 19.5 Å². The summed E-state index contributed by atoms with van der Waals surface area (Å²) >= 11 is 5.03. The molecule has 2 aromatic heterocycles. The number of nitrogens with two attached hydrogens (primary N) is 1. The smallest absolute Gasteiger partial charge is 0.220 e. The molecule has 1 aliphatic rings. The zero-order valence-electron chi connectivity index (χ0n) is 10.1. The van der Waals surface area contributed by atoms with E-state index in [1.807, 2.05) is 0 Å². The summed E-state index contributed by atoms with van der Waals surface area (Å²) in [7, 11) is 0. The first-order valence-electron chi connectivity index (χ1n) is 5.82. The van der Waals surface area contributed by atoms with Gasteiger partial charge >= 0.3 is 0 Å². The summed E-state index contributed by atoms with van der Waals surface area (Å²) in [5.74, 6) is -0.0176. The Morgan fingerprint density at radius 3 is 2.75 bits per heavy atom. The first-order valence-corrected chi connectivity index (χ1v) is 6.23. The van der Waals surface area contributed by atoms with Crippen LogP contribution in [-0.2, 0) is 17.4 Å². The van der Waals surface area contributed by atoms with Gasteiger partial charge in [0.15, 0.2) is 11.9 Å². The largest absolute Gasteiger partial charge is 0.758 e. The highest BCUT2D eigenvalue weighted by Gasteiger charge is 2.43. The van der Waals surface area contributed by atoms with Crippen molar-refractivity contribution >= 4 is 29.7 Å². The first-order chi connectivity index (χ1) is 9.52. The lowest BCUT2D eigenvalue weighted by molar-refractivity contribution is -0.0511. The Hall–Kier alpha value is -1.59. The molecule has 4 atom stereocenters. The van der Waals surface area contributed by atoms with Gasteiger partial charge in [0.2, 0.25) is 5.95 Å². The second-order valence-electron chi connectivity index (χ2n) is 4.44. The highest BCUT2D eigenvalue weighted by Crippen LogP contribution is 2.31. The predicted octanol–water partition coefficient (Wildman–Crippen LogP) is -2.07. The molecule has 1 fully saturated rings. The lowest BCUT2D eigenvalue weighted by Crippen LogP contribution is -2.33. The van der Waals surface area contributed by atoms with Gasteiger partial charge in [0, 0.05) is 0 Å². The minimum Gasteiger partial charge on any atom is -0.758 e. The van der Waals surface area contributed by atoms with Crippen LogP contribution in [0.3, 0.4) is 0 Å². The van der Waals surface area contributed by atoms with Crippen molar-refractivity contribution in [3.05, 3.63) is 6.33 Å². The predicted molar refractivity (Wildman–Crippen MR) is 68.4 cm³/mol. The van der Waals surface area contributed by atoms with Gasteiger partial charge in [-0.05, 0) is 5.03 Å². The van der Waals surface area contributed by atoms with E-state index in [0.717, 1.165) is 0 Å². The maximum Gasteiger partial charge on any atom is 0.220 e. The lowest BCUT2D eigenvalue weighted by atomic mass is 10.1. The molecule has 1 aliphatic heterocycles. The number of nitrogens with zero attached hydrogens (tertiary/aromatic N) is 4. The second-order valence-corrected chi connectivity index (χ2v) is 4.83. The van der Waals surface area contributed by atoms with Crippen LogP contribution in [0.2, 0.25) is 0 Å². The third kappa shape index (κ3) is 1.89. The molecule has 5 N–H and O–H groups in total. The van der Waals surface area contributed by atoms with E-state index in [1.54, 1.807) is 0 Å². The molecule has 0 saturated carbocycles. The van der Waals surface area contributed by atoms with Crippen molar-refractivity contribution in [3.8, 4) is 0 Å². The van der Waals surface area contributed by atoms with Crippen molar-refractivity contribution in [3.63, 3.8) is 0 Å². The third-order valence-corrected chi connectivity index (χ3v) is 3.48. The minimum absolute atomic E-state index is 0.0176. The summed E-state index contributed by atoms with van der Waals surface area (Å²) in [6.45, 7) is -0.412. The van der Waals surface area contributed by atoms with E-state index in [0.29, 0.717) is 11.2 Å². The van der Waals surface area contributed by atoms with E-state index < -0.39 is 31.1 Å². The van der Waals surface area contributed by atoms with Crippen LogP contribution in [0.5, 0.6) is 0 Å². The van der Waals surface area contributed by atoms with E-state index in [1.165, 1.54) is 10.9 Å². The highest BCUT2D eigenvalue weighted by molar-refractivity contribution is 7.59. The van der Waals surface area contributed by atoms with Crippen molar-refractivity contribution < 1.29 is 20.1 Å². The van der Waals surface area contributed by atoms with Gasteiger partial charge in [0.25, 0.3) is 0 Å². The molecule has 20 heavy (non-hydrogen) atoms. The van der Waals surface area contributed by atoms with Crippen LogP contribution >= 0.6 is 0 Å². The molecule has 0 aromatic carbocycles. The molecular weight excluding hydrogens is 286 g/mol. The molecule has 2 aromatic rings. The first kappa shape index (κ1) is 13.4. The maximum absolute atomic E-state index is 9.99. The molecule has 0 amide bonds. The van der Waals surface area contributed by atoms with E-state index in [9.17, 15) is 10.2 Å². The van der Waals surface area contributed by atoms with Gasteiger partial charge in [-0.1, -0.05) is 0 Å². The van der Waals surface area contributed by atoms with Gasteiger partial charge in [-0.25, -0.2) is 9.97 Å². The quantitative estimate of drug-likeness (QED) is 0.363. The Balaban J connectivity index is 2.07. The second kappa shape index (κ2) is 4.75. The Labute approximate surface area is 118 Å². The summed E-state index contributed by atoms with van der Waals surface area (Å²) < 4.78 is 6.81. The lowest BCUT2D eigenvalue weighted by Gasteiger charge is -2.17. The molecule has 3 rings (SSSR count). The van der Waals surface area contributed by atoms with Gasteiger partial charge in [-0.2, -0.15) is 4.98 Å². The summed E-state index contributed by atoms with van der Waals surface area (Å²) in [6, 6.07) is 0. The molecule has 0 radical (unpaired) electrons. The van der Waals surface area contributed by atoms with Crippen LogP contribution in [-0.4, -0.2) is 59.8 Å². The molecule has 0 aliphatic carbocycles. The Bertz CT molecular complexity index is 650. The number of aliphatic hydroxyl groups is 3. The molecule has 10 heteroatoms. The Morgan fingerprint density at radius 1 is 1.35 bits per heavy atom. The molecule has 9 nitrogen and oxygen atoms in total. The average Bonchev–Trinajstić information content (AvgIpc) is 2.93. The maximum atomic E-state index is 9.99. The monoisotopic (exact) mass is 298 g/mol. The van der Waals surface area contributed by atoms with Gasteiger partial charge < -0.3 is 38.4 Å². The number of aromatic nitrogens is 4. The van der Waals surface area contributed by atoms with E-state index in [4.69, 9.17) is 28.2 Å². The number of anilines is 1. The number of hydrogen-bond acceptors (Lipinski definition) is 9. The van der Waals surface area contributed by atoms with Crippen LogP contribution < -0.4 is 5.73 Å². The van der Waals surface area contributed by atoms with E-state index in [-0.39, 0.29) is 11.0 Å². The topological polar surface area (TPSA) is 140 Å². The minimum atomic E-state index is -1.23. The zero-order valence-corrected chi connectivity index (χ0v) is 10.9. The number of nitrogen functional groups attached to an aromatic ring is 1. The van der Waals surface area contributed by atoms with Crippen LogP contribution in [0, 0.1) is 0 Å². The molecule has 108 valence electrons. The molecular formula is C10H12N5O4S-. The summed E-state index contributed by atoms with van der Waals surface area (Å²) in [5, 5.41) is 29.0. The van der Waals surface area contributed by atoms with Crippen LogP contribution in [0.15, 0.2) is 11.4 Å². The van der Waals surface area contributed by atoms with E-state index in [2.05, 4.69) is 15.0 Å². The summed E-state index contributed by atoms with van der Waals surface area (Å²) in [6.07, 6.45) is -2.88. The van der Waals surface area contributed by atoms with Gasteiger partial charge in [0.05, 0.1) is 12.9 Å². The van der Waals surface area contributed by atoms with Crippen LogP contribution in [0.4, 0.5) is 5.95 Å². The third-order valence-electron chi connectivity index (χ3n) is 3.20. The van der Waals surface area contributed by atoms with Crippen molar-refractivity contribution in [2.75, 3.05) is 12.3 Å². The Morgan fingerprint density at radius 2 is 2.10 bits per heavy atom. The molecule has 0 unspecified atom stereocenters. The number of rotatable bonds is 2. The Kier molecular flexibility index (Phi) is 3.18. The molecule has 1 saturated heterocycles. The fraction of sp³-hybridized carbons (Fsp3) is 0.500. The fourth-order valence-electron chi connectivity index (χ4n) is 2.20. The van der Waals surface area contributed by atoms with Crippen molar-refractivity contribution in [2.45, 2.75) is 29.6 Å². The fourth-order valence-corrected chi connectivity index (χ4v) is 2.44. The van der Waals surface area contributed by atoms with Crippen LogP contribution in [0.1, 0.15) is 6.23 Å². The van der Waals surface area contributed by atoms with Crippen molar-refractivity contribution in [1.29, 1.82) is 0 Å². The molecule has 0 spiro atoms. The normalized spacial score (nSPS) is 30.1. The van der Waals surface area contributed by atoms with Gasteiger partial charge in [-0.15, -0.1) is 0 Å². The van der Waals surface area contributed by atoms with Crippen LogP contribution in [0.25, 0.3) is 11.2 Å². The zero-order chi connectivity index (χ0) is 14.4. The number of imidazole rings is 1. The number of aliphatic hydroxyl groups excluding tert-OH is 3. The SMILES string of the molecule is Nc1nc([S-])c2ncn([C@@H]3O[C@@H](CO)[C@@H](O)[C@@H]3O)c2n1. The van der Waals surface area contributed by atoms with Gasteiger partial charge in [-0.3, -0.25) is 4.57 Å². The number of hydrogen-bond donors (Lipinski definition) is 4. The highest BCUT2D eigenvalue weighted by atomic mass is 32.1. The van der Waals surface area contributed by atoms with Crippen molar-refractivity contribution in [2.24, 2.45) is 0 Å². The molecule has 0 bridgehead atoms. The molecule has 3 heterocycles. The standard InChI is InChI=1S/C10H13N5O4S/c11-10-13-7-4(8(20)14-10)12-2-15(7)9-6(18)5(17)3(1-16)19-9/h2-3,5-6,9,16-18H,1H2,(H3,11,13,14,20)/p-1/t3-,5+,6-,9+/m0/s1. The van der Waals surface area contributed by atoms with E-state index >= 15 is 0 Å².